The SMILES string of the molecule is O=[N+]([O-])c1c(NCC2CCCO2)ncnc1N1CCOCC1. The molecule has 2 aliphatic rings. The van der Waals surface area contributed by atoms with E-state index in [4.69, 9.17) is 9.47 Å². The second-order valence-electron chi connectivity index (χ2n) is 5.27. The average molecular weight is 309 g/mol. The van der Waals surface area contributed by atoms with Crippen LogP contribution in [-0.2, 0) is 9.47 Å². The number of ether oxygens (including phenoxy) is 2. The number of nitrogens with one attached hydrogen (secondary N) is 1. The molecule has 1 aromatic heterocycles. The molecule has 0 radical (unpaired) electrons. The summed E-state index contributed by atoms with van der Waals surface area (Å²) < 4.78 is 10.8. The number of nitro groups is 1. The quantitative estimate of drug-likeness (QED) is 0.629. The summed E-state index contributed by atoms with van der Waals surface area (Å²) in [6.07, 6.45) is 3.43. The van der Waals surface area contributed by atoms with Crippen molar-refractivity contribution in [3.05, 3.63) is 16.4 Å². The predicted octanol–water partition coefficient (Wildman–Crippen LogP) is 0.812. The van der Waals surface area contributed by atoms with Gasteiger partial charge in [0.25, 0.3) is 0 Å². The molecule has 2 saturated heterocycles. The summed E-state index contributed by atoms with van der Waals surface area (Å²) >= 11 is 0. The Morgan fingerprint density at radius 1 is 1.36 bits per heavy atom. The van der Waals surface area contributed by atoms with E-state index < -0.39 is 4.92 Å². The molecule has 120 valence electrons. The zero-order valence-electron chi connectivity index (χ0n) is 12.2. The van der Waals surface area contributed by atoms with Gasteiger partial charge in [0.2, 0.25) is 11.6 Å². The van der Waals surface area contributed by atoms with E-state index in [9.17, 15) is 10.1 Å². The lowest BCUT2D eigenvalue weighted by Crippen LogP contribution is -2.37. The van der Waals surface area contributed by atoms with Crippen molar-refractivity contribution in [2.45, 2.75) is 18.9 Å². The Balaban J connectivity index is 1.80. The Morgan fingerprint density at radius 2 is 2.18 bits per heavy atom. The number of hydrogen-bond acceptors (Lipinski definition) is 8. The summed E-state index contributed by atoms with van der Waals surface area (Å²) in [5.41, 5.74) is -0.0811. The molecule has 2 fully saturated rings. The molecule has 3 rings (SSSR count). The van der Waals surface area contributed by atoms with Crippen LogP contribution in [0.15, 0.2) is 6.33 Å². The third-order valence-electron chi connectivity index (χ3n) is 3.82. The van der Waals surface area contributed by atoms with Crippen molar-refractivity contribution in [1.82, 2.24) is 9.97 Å². The van der Waals surface area contributed by atoms with Crippen molar-refractivity contribution in [3.63, 3.8) is 0 Å². The lowest BCUT2D eigenvalue weighted by molar-refractivity contribution is -0.383. The molecule has 0 bridgehead atoms. The van der Waals surface area contributed by atoms with Gasteiger partial charge < -0.3 is 19.7 Å². The second-order valence-corrected chi connectivity index (χ2v) is 5.27. The van der Waals surface area contributed by atoms with Crippen molar-refractivity contribution in [3.8, 4) is 0 Å². The van der Waals surface area contributed by atoms with Gasteiger partial charge in [-0.25, -0.2) is 9.97 Å². The molecule has 3 heterocycles. The largest absolute Gasteiger partial charge is 0.378 e. The first kappa shape index (κ1) is 14.9. The molecular formula is C13H19N5O4. The van der Waals surface area contributed by atoms with Gasteiger partial charge in [-0.1, -0.05) is 0 Å². The molecule has 0 aliphatic carbocycles. The van der Waals surface area contributed by atoms with Gasteiger partial charge in [-0.05, 0) is 12.8 Å². The highest BCUT2D eigenvalue weighted by Gasteiger charge is 2.28. The Morgan fingerprint density at radius 3 is 2.86 bits per heavy atom. The van der Waals surface area contributed by atoms with Gasteiger partial charge in [0.15, 0.2) is 0 Å². The van der Waals surface area contributed by atoms with Gasteiger partial charge in [-0.2, -0.15) is 0 Å². The van der Waals surface area contributed by atoms with Crippen LogP contribution in [0.1, 0.15) is 12.8 Å². The summed E-state index contributed by atoms with van der Waals surface area (Å²) in [7, 11) is 0. The van der Waals surface area contributed by atoms with E-state index in [2.05, 4.69) is 15.3 Å². The molecule has 1 atom stereocenters. The number of morpholine rings is 1. The number of hydrogen-bond donors (Lipinski definition) is 1. The summed E-state index contributed by atoms with van der Waals surface area (Å²) in [5.74, 6) is 0.593. The van der Waals surface area contributed by atoms with Crippen molar-refractivity contribution < 1.29 is 14.4 Å². The van der Waals surface area contributed by atoms with Gasteiger partial charge in [0.05, 0.1) is 24.2 Å². The maximum Gasteiger partial charge on any atom is 0.353 e. The molecular weight excluding hydrogens is 290 g/mol. The number of anilines is 2. The van der Waals surface area contributed by atoms with Gasteiger partial charge in [0.1, 0.15) is 6.33 Å². The average Bonchev–Trinajstić information content (AvgIpc) is 3.06. The van der Waals surface area contributed by atoms with Gasteiger partial charge in [-0.3, -0.25) is 10.1 Å². The minimum Gasteiger partial charge on any atom is -0.378 e. The fourth-order valence-corrected chi connectivity index (χ4v) is 2.69. The van der Waals surface area contributed by atoms with E-state index in [0.29, 0.717) is 38.7 Å². The lowest BCUT2D eigenvalue weighted by Gasteiger charge is -2.27. The van der Waals surface area contributed by atoms with E-state index in [1.165, 1.54) is 6.33 Å². The topological polar surface area (TPSA) is 103 Å². The fourth-order valence-electron chi connectivity index (χ4n) is 2.69. The van der Waals surface area contributed by atoms with Crippen LogP contribution < -0.4 is 10.2 Å². The van der Waals surface area contributed by atoms with E-state index in [0.717, 1.165) is 19.4 Å². The minimum atomic E-state index is -0.428. The van der Waals surface area contributed by atoms with Crippen LogP contribution in [0.3, 0.4) is 0 Å². The van der Waals surface area contributed by atoms with Crippen LogP contribution in [0.25, 0.3) is 0 Å². The molecule has 0 aromatic carbocycles. The first-order valence-corrected chi connectivity index (χ1v) is 7.43. The number of aromatic nitrogens is 2. The first-order valence-electron chi connectivity index (χ1n) is 7.43. The zero-order chi connectivity index (χ0) is 15.4. The molecule has 22 heavy (non-hydrogen) atoms. The zero-order valence-corrected chi connectivity index (χ0v) is 12.2. The van der Waals surface area contributed by atoms with Crippen LogP contribution in [0.2, 0.25) is 0 Å². The van der Waals surface area contributed by atoms with Gasteiger partial charge >= 0.3 is 5.69 Å². The van der Waals surface area contributed by atoms with Crippen molar-refractivity contribution >= 4 is 17.3 Å². The number of rotatable bonds is 5. The number of nitrogens with zero attached hydrogens (tertiary/aromatic N) is 4. The molecule has 1 N–H and O–H groups in total. The third kappa shape index (κ3) is 3.25. The standard InChI is InChI=1S/C13H19N5O4/c19-18(20)11-12(14-8-10-2-1-5-22-10)15-9-16-13(11)17-3-6-21-7-4-17/h9-10H,1-8H2,(H,14,15,16). The molecule has 1 unspecified atom stereocenters. The predicted molar refractivity (Wildman–Crippen MR) is 79.2 cm³/mol. The molecule has 1 aromatic rings. The van der Waals surface area contributed by atoms with E-state index >= 15 is 0 Å². The smallest absolute Gasteiger partial charge is 0.353 e. The maximum atomic E-state index is 11.5. The summed E-state index contributed by atoms with van der Waals surface area (Å²) in [6.45, 7) is 3.52. The summed E-state index contributed by atoms with van der Waals surface area (Å²) in [4.78, 5) is 21.1. The minimum absolute atomic E-state index is 0.0811. The molecule has 9 nitrogen and oxygen atoms in total. The molecule has 2 aliphatic heterocycles. The van der Waals surface area contributed by atoms with Crippen LogP contribution in [0.5, 0.6) is 0 Å². The van der Waals surface area contributed by atoms with Crippen molar-refractivity contribution in [2.75, 3.05) is 49.7 Å². The van der Waals surface area contributed by atoms with E-state index in [1.54, 1.807) is 0 Å². The third-order valence-corrected chi connectivity index (χ3v) is 3.82. The highest BCUT2D eigenvalue weighted by atomic mass is 16.6. The summed E-state index contributed by atoms with van der Waals surface area (Å²) in [5, 5.41) is 14.5. The van der Waals surface area contributed by atoms with Crippen LogP contribution >= 0.6 is 0 Å². The van der Waals surface area contributed by atoms with Crippen LogP contribution in [0.4, 0.5) is 17.3 Å². The van der Waals surface area contributed by atoms with Crippen molar-refractivity contribution in [1.29, 1.82) is 0 Å². The van der Waals surface area contributed by atoms with E-state index in [1.807, 2.05) is 4.90 Å². The Bertz CT molecular complexity index is 529. The summed E-state index contributed by atoms with van der Waals surface area (Å²) in [6, 6.07) is 0. The Hall–Kier alpha value is -2.00. The second kappa shape index (κ2) is 6.84. The van der Waals surface area contributed by atoms with Crippen LogP contribution in [-0.4, -0.2) is 60.5 Å². The highest BCUT2D eigenvalue weighted by Crippen LogP contribution is 2.32. The molecule has 9 heteroatoms. The fraction of sp³-hybridized carbons (Fsp3) is 0.692. The van der Waals surface area contributed by atoms with E-state index in [-0.39, 0.29) is 17.6 Å². The van der Waals surface area contributed by atoms with Gasteiger partial charge in [-0.15, -0.1) is 0 Å². The van der Waals surface area contributed by atoms with Crippen LogP contribution in [0, 0.1) is 10.1 Å². The monoisotopic (exact) mass is 309 g/mol. The highest BCUT2D eigenvalue weighted by molar-refractivity contribution is 5.70. The molecule has 0 spiro atoms. The Labute approximate surface area is 127 Å². The maximum absolute atomic E-state index is 11.5. The first-order chi connectivity index (χ1) is 10.8. The normalized spacial score (nSPS) is 21.8. The molecule has 0 amide bonds. The lowest BCUT2D eigenvalue weighted by atomic mass is 10.2. The van der Waals surface area contributed by atoms with Gasteiger partial charge in [0, 0.05) is 26.2 Å². The molecule has 0 saturated carbocycles. The Kier molecular flexibility index (Phi) is 4.64. The van der Waals surface area contributed by atoms with Crippen molar-refractivity contribution in [2.24, 2.45) is 0 Å².